The molecule has 1 saturated heterocycles. The summed E-state index contributed by atoms with van der Waals surface area (Å²) in [6.45, 7) is 4.37. The molecule has 0 radical (unpaired) electrons. The number of anilines is 1. The summed E-state index contributed by atoms with van der Waals surface area (Å²) in [5, 5.41) is 11.1. The van der Waals surface area contributed by atoms with Crippen LogP contribution in [0.1, 0.15) is 5.56 Å². The van der Waals surface area contributed by atoms with Crippen LogP contribution in [0.25, 0.3) is 0 Å². The van der Waals surface area contributed by atoms with Crippen LogP contribution in [0.3, 0.4) is 0 Å². The molecule has 0 spiro atoms. The van der Waals surface area contributed by atoms with Gasteiger partial charge in [-0.1, -0.05) is 17.7 Å². The number of aromatic nitrogens is 2. The van der Waals surface area contributed by atoms with Gasteiger partial charge in [-0.2, -0.15) is 0 Å². The minimum absolute atomic E-state index is 0.0279. The molecular formula is C15H17ClN5O2+. The third-order valence-corrected chi connectivity index (χ3v) is 4.29. The van der Waals surface area contributed by atoms with Crippen LogP contribution in [0.2, 0.25) is 5.02 Å². The number of quaternary nitrogens is 1. The summed E-state index contributed by atoms with van der Waals surface area (Å²) in [4.78, 5) is 22.6. The Morgan fingerprint density at radius 1 is 1.26 bits per heavy atom. The molecule has 3 rings (SSSR count). The fourth-order valence-corrected chi connectivity index (χ4v) is 2.94. The summed E-state index contributed by atoms with van der Waals surface area (Å²) < 4.78 is 0. The lowest BCUT2D eigenvalue weighted by Crippen LogP contribution is -3.13. The Labute approximate surface area is 138 Å². The van der Waals surface area contributed by atoms with Gasteiger partial charge >= 0.3 is 0 Å². The van der Waals surface area contributed by atoms with Gasteiger partial charge in [0.1, 0.15) is 11.6 Å². The SMILES string of the molecule is O=[N+]([O-])c1cc(C[NH+]2CCN(c3ncccn3)CC2)ccc1Cl. The van der Waals surface area contributed by atoms with E-state index in [-0.39, 0.29) is 10.7 Å². The molecule has 1 aromatic heterocycles. The largest absolute Gasteiger partial charge is 0.330 e. The zero-order valence-electron chi connectivity index (χ0n) is 12.5. The van der Waals surface area contributed by atoms with Crippen molar-refractivity contribution in [1.29, 1.82) is 0 Å². The van der Waals surface area contributed by atoms with Crippen molar-refractivity contribution in [2.45, 2.75) is 6.54 Å². The summed E-state index contributed by atoms with van der Waals surface area (Å²) in [5.41, 5.74) is 0.903. The molecule has 0 saturated carbocycles. The van der Waals surface area contributed by atoms with E-state index in [1.54, 1.807) is 30.6 Å². The smallest absolute Gasteiger partial charge is 0.288 e. The Kier molecular flexibility index (Phi) is 4.68. The van der Waals surface area contributed by atoms with Crippen LogP contribution in [-0.4, -0.2) is 41.1 Å². The lowest BCUT2D eigenvalue weighted by Gasteiger charge is -2.32. The first kappa shape index (κ1) is 15.6. The summed E-state index contributed by atoms with van der Waals surface area (Å²) in [7, 11) is 0. The Hall–Kier alpha value is -2.25. The van der Waals surface area contributed by atoms with E-state index in [9.17, 15) is 10.1 Å². The number of nitrogens with one attached hydrogen (secondary N) is 1. The molecule has 120 valence electrons. The molecule has 1 aliphatic rings. The van der Waals surface area contributed by atoms with E-state index in [0.29, 0.717) is 0 Å². The molecule has 0 aliphatic carbocycles. The molecule has 8 heteroatoms. The first-order valence-electron chi connectivity index (χ1n) is 7.42. The molecule has 1 N–H and O–H groups in total. The number of nitrogens with zero attached hydrogens (tertiary/aromatic N) is 4. The third-order valence-electron chi connectivity index (χ3n) is 3.97. The Balaban J connectivity index is 1.61. The normalized spacial score (nSPS) is 15.6. The number of nitro groups is 1. The van der Waals surface area contributed by atoms with Gasteiger partial charge in [0.25, 0.3) is 5.69 Å². The maximum Gasteiger partial charge on any atom is 0.288 e. The minimum Gasteiger partial charge on any atom is -0.330 e. The van der Waals surface area contributed by atoms with Gasteiger partial charge < -0.3 is 9.80 Å². The summed E-state index contributed by atoms with van der Waals surface area (Å²) >= 11 is 5.85. The number of nitro benzene ring substituents is 1. The van der Waals surface area contributed by atoms with Gasteiger partial charge in [-0.25, -0.2) is 9.97 Å². The highest BCUT2D eigenvalue weighted by molar-refractivity contribution is 6.32. The summed E-state index contributed by atoms with van der Waals surface area (Å²) in [5.74, 6) is 0.758. The van der Waals surface area contributed by atoms with Crippen LogP contribution >= 0.6 is 11.6 Å². The van der Waals surface area contributed by atoms with E-state index < -0.39 is 4.92 Å². The van der Waals surface area contributed by atoms with Crippen molar-refractivity contribution in [3.63, 3.8) is 0 Å². The first-order valence-corrected chi connectivity index (χ1v) is 7.79. The lowest BCUT2D eigenvalue weighted by atomic mass is 10.1. The van der Waals surface area contributed by atoms with Crippen molar-refractivity contribution >= 4 is 23.2 Å². The van der Waals surface area contributed by atoms with Gasteiger partial charge in [-0.05, 0) is 12.1 Å². The molecule has 7 nitrogen and oxygen atoms in total. The Bertz CT molecular complexity index is 690. The number of benzene rings is 1. The van der Waals surface area contributed by atoms with Gasteiger partial charge in [0.2, 0.25) is 5.95 Å². The maximum atomic E-state index is 11.0. The third kappa shape index (κ3) is 3.75. The van der Waals surface area contributed by atoms with Crippen molar-refractivity contribution in [2.24, 2.45) is 0 Å². The van der Waals surface area contributed by atoms with E-state index in [1.165, 1.54) is 4.90 Å². The van der Waals surface area contributed by atoms with Crippen LogP contribution in [0.4, 0.5) is 11.6 Å². The number of rotatable bonds is 4. The Morgan fingerprint density at radius 3 is 2.61 bits per heavy atom. The summed E-state index contributed by atoms with van der Waals surface area (Å²) in [6, 6.07) is 6.83. The molecule has 1 aliphatic heterocycles. The second kappa shape index (κ2) is 6.89. The molecule has 2 heterocycles. The summed E-state index contributed by atoms with van der Waals surface area (Å²) in [6.07, 6.45) is 3.49. The van der Waals surface area contributed by atoms with Crippen molar-refractivity contribution in [1.82, 2.24) is 9.97 Å². The van der Waals surface area contributed by atoms with Gasteiger partial charge in [-0.15, -0.1) is 0 Å². The molecule has 1 fully saturated rings. The predicted molar refractivity (Wildman–Crippen MR) is 86.8 cm³/mol. The average molecular weight is 335 g/mol. The van der Waals surface area contributed by atoms with Crippen LogP contribution in [0.15, 0.2) is 36.7 Å². The maximum absolute atomic E-state index is 11.0. The quantitative estimate of drug-likeness (QED) is 0.665. The zero-order chi connectivity index (χ0) is 16.2. The van der Waals surface area contributed by atoms with Gasteiger partial charge in [0, 0.05) is 24.0 Å². The lowest BCUT2D eigenvalue weighted by molar-refractivity contribution is -0.914. The average Bonchev–Trinajstić information content (AvgIpc) is 2.58. The topological polar surface area (TPSA) is 76.6 Å². The van der Waals surface area contributed by atoms with Crippen molar-refractivity contribution in [2.75, 3.05) is 31.1 Å². The molecule has 0 amide bonds. The van der Waals surface area contributed by atoms with E-state index in [0.717, 1.165) is 44.2 Å². The predicted octanol–water partition coefficient (Wildman–Crippen LogP) is 0.943. The number of halogens is 1. The standard InChI is InChI=1S/C15H16ClN5O2/c16-13-3-2-12(10-14(13)21(22)23)11-19-6-8-20(9-7-19)15-17-4-1-5-18-15/h1-5,10H,6-9,11H2/p+1. The Morgan fingerprint density at radius 2 is 1.96 bits per heavy atom. The van der Waals surface area contributed by atoms with Gasteiger partial charge in [0.15, 0.2) is 0 Å². The van der Waals surface area contributed by atoms with E-state index in [2.05, 4.69) is 14.9 Å². The second-order valence-corrected chi connectivity index (χ2v) is 5.91. The van der Waals surface area contributed by atoms with Gasteiger partial charge in [-0.3, -0.25) is 10.1 Å². The van der Waals surface area contributed by atoms with Crippen LogP contribution < -0.4 is 9.80 Å². The molecule has 0 bridgehead atoms. The first-order chi connectivity index (χ1) is 11.1. The zero-order valence-corrected chi connectivity index (χ0v) is 13.2. The fraction of sp³-hybridized carbons (Fsp3) is 0.333. The van der Waals surface area contributed by atoms with Crippen molar-refractivity contribution in [3.05, 3.63) is 57.4 Å². The number of piperazine rings is 1. The van der Waals surface area contributed by atoms with E-state index in [4.69, 9.17) is 11.6 Å². The molecule has 0 atom stereocenters. The highest BCUT2D eigenvalue weighted by atomic mass is 35.5. The number of hydrogen-bond acceptors (Lipinski definition) is 5. The highest BCUT2D eigenvalue weighted by Gasteiger charge is 2.22. The van der Waals surface area contributed by atoms with Crippen molar-refractivity contribution < 1.29 is 9.82 Å². The van der Waals surface area contributed by atoms with E-state index >= 15 is 0 Å². The fourth-order valence-electron chi connectivity index (χ4n) is 2.75. The van der Waals surface area contributed by atoms with Crippen LogP contribution in [-0.2, 0) is 6.54 Å². The van der Waals surface area contributed by atoms with Crippen LogP contribution in [0, 0.1) is 10.1 Å². The molecule has 1 aromatic carbocycles. The monoisotopic (exact) mass is 334 g/mol. The van der Waals surface area contributed by atoms with Crippen LogP contribution in [0.5, 0.6) is 0 Å². The minimum atomic E-state index is -0.439. The molecular weight excluding hydrogens is 318 g/mol. The number of hydrogen-bond donors (Lipinski definition) is 1. The molecule has 0 unspecified atom stereocenters. The highest BCUT2D eigenvalue weighted by Crippen LogP contribution is 2.24. The van der Waals surface area contributed by atoms with Crippen molar-refractivity contribution in [3.8, 4) is 0 Å². The second-order valence-electron chi connectivity index (χ2n) is 5.51. The molecule has 23 heavy (non-hydrogen) atoms. The van der Waals surface area contributed by atoms with Gasteiger partial charge in [0.05, 0.1) is 31.1 Å². The van der Waals surface area contributed by atoms with E-state index in [1.807, 2.05) is 6.07 Å². The molecule has 2 aromatic rings.